The van der Waals surface area contributed by atoms with E-state index >= 15 is 4.79 Å². The van der Waals surface area contributed by atoms with Crippen LogP contribution in [0.5, 0.6) is 0 Å². The Labute approximate surface area is 274 Å². The summed E-state index contributed by atoms with van der Waals surface area (Å²) in [5, 5.41) is 10.7. The van der Waals surface area contributed by atoms with Gasteiger partial charge in [0.1, 0.15) is 11.6 Å². The molecule has 1 spiro atoms. The molecular formula is C36H44BrN3O5. The first kappa shape index (κ1) is 33.1. The fourth-order valence-electron chi connectivity index (χ4n) is 7.68. The van der Waals surface area contributed by atoms with Crippen molar-refractivity contribution < 1.29 is 24.2 Å². The Bertz CT molecular complexity index is 1460. The number of anilines is 2. The van der Waals surface area contributed by atoms with E-state index in [0.29, 0.717) is 18.5 Å². The molecule has 2 aromatic carbocycles. The van der Waals surface area contributed by atoms with Gasteiger partial charge in [-0.2, -0.15) is 0 Å². The minimum Gasteiger partial charge on any atom is -0.394 e. The van der Waals surface area contributed by atoms with Crippen LogP contribution in [0.15, 0.2) is 73.8 Å². The van der Waals surface area contributed by atoms with Crippen LogP contribution in [-0.2, 0) is 19.1 Å². The summed E-state index contributed by atoms with van der Waals surface area (Å²) in [5.41, 5.74) is 2.07. The van der Waals surface area contributed by atoms with Gasteiger partial charge in [-0.05, 0) is 61.9 Å². The Morgan fingerprint density at radius 3 is 2.38 bits per heavy atom. The highest BCUT2D eigenvalue weighted by molar-refractivity contribution is 9.09. The second-order valence-corrected chi connectivity index (χ2v) is 14.2. The number of aliphatic hydroxyl groups excluding tert-OH is 1. The predicted molar refractivity (Wildman–Crippen MR) is 180 cm³/mol. The van der Waals surface area contributed by atoms with E-state index in [4.69, 9.17) is 4.74 Å². The smallest absolute Gasteiger partial charge is 0.253 e. The highest BCUT2D eigenvalue weighted by Gasteiger charge is 2.77. The van der Waals surface area contributed by atoms with Gasteiger partial charge in [0.05, 0.1) is 30.6 Å². The topological polar surface area (TPSA) is 90.4 Å². The maximum absolute atomic E-state index is 15.0. The van der Waals surface area contributed by atoms with Gasteiger partial charge in [0.15, 0.2) is 0 Å². The Morgan fingerprint density at radius 2 is 1.76 bits per heavy atom. The third kappa shape index (κ3) is 5.68. The Balaban J connectivity index is 1.65. The molecule has 3 aliphatic rings. The van der Waals surface area contributed by atoms with Crippen molar-refractivity contribution in [3.63, 3.8) is 0 Å². The van der Waals surface area contributed by atoms with E-state index in [1.165, 1.54) is 0 Å². The van der Waals surface area contributed by atoms with Gasteiger partial charge in [-0.15, -0.1) is 13.2 Å². The molecule has 0 aliphatic carbocycles. The summed E-state index contributed by atoms with van der Waals surface area (Å²) in [6.45, 7) is 15.9. The van der Waals surface area contributed by atoms with E-state index in [1.54, 1.807) is 26.9 Å². The monoisotopic (exact) mass is 677 g/mol. The lowest BCUT2D eigenvalue weighted by atomic mass is 9.70. The number of aryl methyl sites for hydroxylation is 2. The van der Waals surface area contributed by atoms with Crippen molar-refractivity contribution in [2.24, 2.45) is 17.8 Å². The Kier molecular flexibility index (Phi) is 9.73. The largest absolute Gasteiger partial charge is 0.394 e. The fourth-order valence-corrected chi connectivity index (χ4v) is 8.62. The van der Waals surface area contributed by atoms with E-state index in [2.05, 4.69) is 29.1 Å². The first-order valence-electron chi connectivity index (χ1n) is 15.7. The summed E-state index contributed by atoms with van der Waals surface area (Å²) in [5.74, 6) is -2.44. The zero-order valence-electron chi connectivity index (χ0n) is 26.6. The number of likely N-dealkylation sites (tertiary alicyclic amines) is 1. The number of hydrogen-bond acceptors (Lipinski definition) is 5. The number of nitrogens with zero attached hydrogens (tertiary/aromatic N) is 3. The van der Waals surface area contributed by atoms with E-state index in [-0.39, 0.29) is 48.2 Å². The molecule has 3 saturated heterocycles. The number of halogens is 1. The second kappa shape index (κ2) is 13.2. The number of carbonyl (C=O) groups is 3. The zero-order valence-corrected chi connectivity index (χ0v) is 28.2. The van der Waals surface area contributed by atoms with Crippen molar-refractivity contribution in [2.75, 3.05) is 29.5 Å². The van der Waals surface area contributed by atoms with Crippen LogP contribution in [0.3, 0.4) is 0 Å². The molecule has 7 atom stereocenters. The summed E-state index contributed by atoms with van der Waals surface area (Å²) < 4.78 is 6.81. The predicted octanol–water partition coefficient (Wildman–Crippen LogP) is 5.20. The third-order valence-electron chi connectivity index (χ3n) is 9.47. The molecule has 3 heterocycles. The average molecular weight is 679 g/mol. The Hall–Kier alpha value is -3.27. The maximum atomic E-state index is 15.0. The van der Waals surface area contributed by atoms with Crippen molar-refractivity contribution in [3.05, 3.63) is 85.0 Å². The van der Waals surface area contributed by atoms with Gasteiger partial charge in [-0.1, -0.05) is 72.3 Å². The SMILES string of the molecule is C=CCN(C(=O)[C@H]1[C@H]2C(=O)N([C@@H](CO)CC(C)C)C(C(=O)N(CC=C)c3cc(C)ccc3C)C23CC(Br)[C@@H]1O3)c1ccccc1. The zero-order chi connectivity index (χ0) is 32.6. The summed E-state index contributed by atoms with van der Waals surface area (Å²) in [4.78, 5) is 49.0. The number of rotatable bonds is 12. The molecule has 0 aromatic heterocycles. The average Bonchev–Trinajstić information content (AvgIpc) is 3.61. The molecule has 1 N–H and O–H groups in total. The molecule has 3 fully saturated rings. The van der Waals surface area contributed by atoms with Crippen LogP contribution in [0.25, 0.3) is 0 Å². The normalized spacial score (nSPS) is 27.4. The number of benzene rings is 2. The number of carbonyl (C=O) groups excluding carboxylic acids is 3. The van der Waals surface area contributed by atoms with Crippen LogP contribution in [0.4, 0.5) is 11.4 Å². The van der Waals surface area contributed by atoms with E-state index in [1.807, 2.05) is 76.2 Å². The number of ether oxygens (including phenoxy) is 1. The number of para-hydroxylation sites is 1. The molecule has 2 bridgehead atoms. The van der Waals surface area contributed by atoms with E-state index in [0.717, 1.165) is 16.8 Å². The lowest BCUT2D eigenvalue weighted by Gasteiger charge is -2.40. The lowest BCUT2D eigenvalue weighted by molar-refractivity contribution is -0.144. The molecule has 3 amide bonds. The maximum Gasteiger partial charge on any atom is 0.253 e. The molecule has 0 saturated carbocycles. The first-order valence-corrected chi connectivity index (χ1v) is 16.6. The fraction of sp³-hybridized carbons (Fsp3) is 0.472. The number of alkyl halides is 1. The molecule has 3 unspecified atom stereocenters. The summed E-state index contributed by atoms with van der Waals surface area (Å²) in [7, 11) is 0. The van der Waals surface area contributed by atoms with Crippen molar-refractivity contribution >= 4 is 45.0 Å². The van der Waals surface area contributed by atoms with E-state index in [9.17, 15) is 14.7 Å². The standard InChI is InChI=1S/C36H44BrN3O5/c1-7-16-38(25-12-10-9-11-13-25)33(42)29-30-34(43)40(26(21-41)18-22(3)4)32(36(30)20-27(37)31(29)45-36)35(44)39(17-8-2)28-19-23(5)14-15-24(28)6/h7-15,19,22,26-27,29-32,41H,1-2,16-18,20-21H2,3-6H3/t26-,27?,29+,30+,31+,32?,36?/m1/s1. The van der Waals surface area contributed by atoms with Gasteiger partial charge in [-0.25, -0.2) is 0 Å². The summed E-state index contributed by atoms with van der Waals surface area (Å²) >= 11 is 3.79. The summed E-state index contributed by atoms with van der Waals surface area (Å²) in [6.07, 6.45) is 3.61. The molecule has 8 nitrogen and oxygen atoms in total. The number of aliphatic hydroxyl groups is 1. The van der Waals surface area contributed by atoms with Crippen LogP contribution in [0.2, 0.25) is 0 Å². The van der Waals surface area contributed by atoms with Crippen LogP contribution in [-0.4, -0.2) is 76.0 Å². The molecule has 9 heteroatoms. The van der Waals surface area contributed by atoms with Crippen LogP contribution < -0.4 is 9.80 Å². The van der Waals surface area contributed by atoms with Gasteiger partial charge >= 0.3 is 0 Å². The highest BCUT2D eigenvalue weighted by Crippen LogP contribution is 2.61. The first-order chi connectivity index (χ1) is 21.5. The molecule has 2 aromatic rings. The molecular weight excluding hydrogens is 634 g/mol. The molecule has 5 rings (SSSR count). The number of amides is 3. The van der Waals surface area contributed by atoms with Gasteiger partial charge < -0.3 is 24.5 Å². The minimum absolute atomic E-state index is 0.145. The Morgan fingerprint density at radius 1 is 1.09 bits per heavy atom. The van der Waals surface area contributed by atoms with Crippen molar-refractivity contribution in [3.8, 4) is 0 Å². The quantitative estimate of drug-likeness (QED) is 0.247. The molecule has 240 valence electrons. The van der Waals surface area contributed by atoms with Crippen molar-refractivity contribution in [1.82, 2.24) is 4.90 Å². The van der Waals surface area contributed by atoms with Gasteiger partial charge in [0.25, 0.3) is 5.91 Å². The van der Waals surface area contributed by atoms with Crippen LogP contribution in [0.1, 0.15) is 37.8 Å². The molecule has 3 aliphatic heterocycles. The minimum atomic E-state index is -1.26. The number of hydrogen-bond donors (Lipinski definition) is 1. The lowest BCUT2D eigenvalue weighted by Crippen LogP contribution is -2.59. The summed E-state index contributed by atoms with van der Waals surface area (Å²) in [6, 6.07) is 13.6. The van der Waals surface area contributed by atoms with Gasteiger partial charge in [0.2, 0.25) is 11.8 Å². The van der Waals surface area contributed by atoms with Crippen molar-refractivity contribution in [2.45, 2.75) is 69.2 Å². The van der Waals surface area contributed by atoms with E-state index < -0.39 is 35.6 Å². The van der Waals surface area contributed by atoms with Crippen LogP contribution >= 0.6 is 15.9 Å². The van der Waals surface area contributed by atoms with Gasteiger partial charge in [0, 0.05) is 29.3 Å². The molecule has 45 heavy (non-hydrogen) atoms. The second-order valence-electron chi connectivity index (χ2n) is 13.0. The molecule has 0 radical (unpaired) electrons. The van der Waals surface area contributed by atoms with Crippen LogP contribution in [0, 0.1) is 31.6 Å². The highest BCUT2D eigenvalue weighted by atomic mass is 79.9. The third-order valence-corrected chi connectivity index (χ3v) is 10.3. The number of fused-ring (bicyclic) bond motifs is 1. The van der Waals surface area contributed by atoms with Gasteiger partial charge in [-0.3, -0.25) is 14.4 Å². The van der Waals surface area contributed by atoms with Crippen molar-refractivity contribution in [1.29, 1.82) is 0 Å².